The third-order valence-corrected chi connectivity index (χ3v) is 3.84. The summed E-state index contributed by atoms with van der Waals surface area (Å²) in [5.74, 6) is -0.303. The maximum atomic E-state index is 11.0. The van der Waals surface area contributed by atoms with Crippen molar-refractivity contribution in [3.63, 3.8) is 0 Å². The van der Waals surface area contributed by atoms with Crippen LogP contribution < -0.4 is 0 Å². The number of rotatable bonds is 2. The first kappa shape index (κ1) is 13.9. The zero-order chi connectivity index (χ0) is 15.1. The van der Waals surface area contributed by atoms with Crippen LogP contribution in [0.15, 0.2) is 36.4 Å². The Morgan fingerprint density at radius 2 is 1.86 bits per heavy atom. The lowest BCUT2D eigenvalue weighted by Crippen LogP contribution is -1.99. The van der Waals surface area contributed by atoms with Crippen LogP contribution in [0.1, 0.15) is 16.2 Å². The Morgan fingerprint density at radius 3 is 2.48 bits per heavy atom. The van der Waals surface area contributed by atoms with Gasteiger partial charge in [-0.05, 0) is 37.3 Å². The summed E-state index contributed by atoms with van der Waals surface area (Å²) in [6.45, 7) is 1.82. The quantitative estimate of drug-likeness (QED) is 0.764. The van der Waals surface area contributed by atoms with Gasteiger partial charge >= 0.3 is 5.97 Å². The second-order valence-electron chi connectivity index (χ2n) is 4.57. The van der Waals surface area contributed by atoms with Crippen LogP contribution in [0, 0.1) is 6.92 Å². The summed E-state index contributed by atoms with van der Waals surface area (Å²) >= 11 is 12.5. The Hall–Kier alpha value is -2.04. The van der Waals surface area contributed by atoms with Crippen molar-refractivity contribution < 1.29 is 9.90 Å². The van der Waals surface area contributed by atoms with E-state index in [1.54, 1.807) is 24.3 Å². The van der Waals surface area contributed by atoms with Gasteiger partial charge < -0.3 is 5.11 Å². The first-order chi connectivity index (χ1) is 9.99. The van der Waals surface area contributed by atoms with Gasteiger partial charge in [-0.1, -0.05) is 29.3 Å². The summed E-state index contributed by atoms with van der Waals surface area (Å²) in [5, 5.41) is 10.1. The molecule has 3 rings (SSSR count). The zero-order valence-electron chi connectivity index (χ0n) is 11.0. The molecule has 0 aliphatic carbocycles. The fourth-order valence-corrected chi connectivity index (χ4v) is 2.89. The lowest BCUT2D eigenvalue weighted by atomic mass is 10.2. The Labute approximate surface area is 130 Å². The molecule has 3 aromatic rings. The maximum absolute atomic E-state index is 11.0. The highest BCUT2D eigenvalue weighted by Gasteiger charge is 2.16. The molecule has 4 nitrogen and oxygen atoms in total. The molecule has 2 aromatic carbocycles. The zero-order valence-corrected chi connectivity index (χ0v) is 12.5. The minimum atomic E-state index is -0.986. The predicted molar refractivity (Wildman–Crippen MR) is 82.8 cm³/mol. The van der Waals surface area contributed by atoms with Crippen molar-refractivity contribution in [2.75, 3.05) is 0 Å². The highest BCUT2D eigenvalue weighted by molar-refractivity contribution is 6.37. The number of halogens is 2. The van der Waals surface area contributed by atoms with Gasteiger partial charge in [0.05, 0.1) is 32.3 Å². The predicted octanol–water partition coefficient (Wildman–Crippen LogP) is 4.34. The smallest absolute Gasteiger partial charge is 0.335 e. The van der Waals surface area contributed by atoms with Crippen molar-refractivity contribution in [3.8, 4) is 5.69 Å². The number of fused-ring (bicyclic) bond motifs is 1. The average molecular weight is 321 g/mol. The number of carboxylic acid groups (broad SMARTS) is 1. The van der Waals surface area contributed by atoms with Crippen molar-refractivity contribution in [1.29, 1.82) is 0 Å². The number of imidazole rings is 1. The number of aromatic carboxylic acids is 1. The average Bonchev–Trinajstić information content (AvgIpc) is 2.74. The van der Waals surface area contributed by atoms with Crippen LogP contribution in [0.3, 0.4) is 0 Å². The van der Waals surface area contributed by atoms with Gasteiger partial charge in [-0.15, -0.1) is 0 Å². The molecule has 106 valence electrons. The molecule has 0 atom stereocenters. The normalized spacial score (nSPS) is 11.0. The minimum absolute atomic E-state index is 0.192. The largest absolute Gasteiger partial charge is 0.478 e. The topological polar surface area (TPSA) is 55.1 Å². The summed E-state index contributed by atoms with van der Waals surface area (Å²) in [6, 6.07) is 10.0. The summed E-state index contributed by atoms with van der Waals surface area (Å²) in [5.41, 5.74) is 2.18. The molecule has 0 spiro atoms. The lowest BCUT2D eigenvalue weighted by Gasteiger charge is -2.11. The van der Waals surface area contributed by atoms with Crippen LogP contribution in [-0.4, -0.2) is 20.6 Å². The fraction of sp³-hybridized carbons (Fsp3) is 0.0667. The molecule has 0 amide bonds. The fourth-order valence-electron chi connectivity index (χ4n) is 2.32. The molecule has 0 fully saturated rings. The SMILES string of the molecule is Cc1nc2cc(C(=O)O)ccc2n1-c1c(Cl)cccc1Cl. The molecule has 0 saturated heterocycles. The Bertz CT molecular complexity index is 851. The number of aromatic nitrogens is 2. The Balaban J connectivity index is 2.33. The van der Waals surface area contributed by atoms with Crippen molar-refractivity contribution in [2.24, 2.45) is 0 Å². The van der Waals surface area contributed by atoms with Crippen LogP contribution >= 0.6 is 23.2 Å². The van der Waals surface area contributed by atoms with Crippen LogP contribution in [0.2, 0.25) is 10.0 Å². The molecule has 0 aliphatic rings. The van der Waals surface area contributed by atoms with E-state index in [0.29, 0.717) is 27.1 Å². The number of carboxylic acids is 1. The molecule has 6 heteroatoms. The molecule has 0 saturated carbocycles. The van der Waals surface area contributed by atoms with Gasteiger partial charge in [-0.25, -0.2) is 9.78 Å². The molecule has 21 heavy (non-hydrogen) atoms. The number of nitrogens with zero attached hydrogens (tertiary/aromatic N) is 2. The van der Waals surface area contributed by atoms with E-state index in [0.717, 1.165) is 5.52 Å². The van der Waals surface area contributed by atoms with E-state index in [-0.39, 0.29) is 5.56 Å². The van der Waals surface area contributed by atoms with Gasteiger partial charge in [0, 0.05) is 0 Å². The van der Waals surface area contributed by atoms with Crippen LogP contribution in [0.4, 0.5) is 0 Å². The number of carbonyl (C=O) groups is 1. The Morgan fingerprint density at radius 1 is 1.19 bits per heavy atom. The highest BCUT2D eigenvalue weighted by atomic mass is 35.5. The summed E-state index contributed by atoms with van der Waals surface area (Å²) < 4.78 is 1.83. The van der Waals surface area contributed by atoms with Gasteiger partial charge in [0.1, 0.15) is 5.82 Å². The maximum Gasteiger partial charge on any atom is 0.335 e. The molecule has 1 N–H and O–H groups in total. The lowest BCUT2D eigenvalue weighted by molar-refractivity contribution is 0.0697. The molecule has 1 heterocycles. The first-order valence-corrected chi connectivity index (χ1v) is 6.91. The molecule has 0 radical (unpaired) electrons. The standard InChI is InChI=1S/C15H10Cl2N2O2/c1-8-18-12-7-9(15(20)21)5-6-13(12)19(8)14-10(16)3-2-4-11(14)17/h2-7H,1H3,(H,20,21). The highest BCUT2D eigenvalue weighted by Crippen LogP contribution is 2.32. The van der Waals surface area contributed by atoms with Crippen LogP contribution in [0.5, 0.6) is 0 Å². The van der Waals surface area contributed by atoms with Gasteiger partial charge in [-0.2, -0.15) is 0 Å². The third-order valence-electron chi connectivity index (χ3n) is 3.23. The molecule has 0 bridgehead atoms. The second-order valence-corrected chi connectivity index (χ2v) is 5.39. The molecule has 0 aliphatic heterocycles. The van der Waals surface area contributed by atoms with E-state index in [9.17, 15) is 4.79 Å². The van der Waals surface area contributed by atoms with Crippen molar-refractivity contribution in [2.45, 2.75) is 6.92 Å². The van der Waals surface area contributed by atoms with E-state index in [2.05, 4.69) is 4.98 Å². The van der Waals surface area contributed by atoms with E-state index >= 15 is 0 Å². The number of para-hydroxylation sites is 1. The molecule has 0 unspecified atom stereocenters. The van der Waals surface area contributed by atoms with Gasteiger partial charge in [-0.3, -0.25) is 4.57 Å². The number of benzene rings is 2. The van der Waals surface area contributed by atoms with Crippen LogP contribution in [0.25, 0.3) is 16.7 Å². The van der Waals surface area contributed by atoms with Crippen LogP contribution in [-0.2, 0) is 0 Å². The van der Waals surface area contributed by atoms with E-state index in [4.69, 9.17) is 28.3 Å². The van der Waals surface area contributed by atoms with E-state index < -0.39 is 5.97 Å². The van der Waals surface area contributed by atoms with Gasteiger partial charge in [0.15, 0.2) is 0 Å². The molecular formula is C15H10Cl2N2O2. The number of hydrogen-bond donors (Lipinski definition) is 1. The van der Waals surface area contributed by atoms with E-state index in [1.165, 1.54) is 12.1 Å². The van der Waals surface area contributed by atoms with Gasteiger partial charge in [0.2, 0.25) is 0 Å². The second kappa shape index (κ2) is 5.06. The molecule has 1 aromatic heterocycles. The summed E-state index contributed by atoms with van der Waals surface area (Å²) in [6.07, 6.45) is 0. The summed E-state index contributed by atoms with van der Waals surface area (Å²) in [7, 11) is 0. The first-order valence-electron chi connectivity index (χ1n) is 6.16. The molecular weight excluding hydrogens is 311 g/mol. The third kappa shape index (κ3) is 2.26. The minimum Gasteiger partial charge on any atom is -0.478 e. The summed E-state index contributed by atoms with van der Waals surface area (Å²) in [4.78, 5) is 15.4. The van der Waals surface area contributed by atoms with Crippen molar-refractivity contribution >= 4 is 40.2 Å². The monoisotopic (exact) mass is 320 g/mol. The number of hydrogen-bond acceptors (Lipinski definition) is 2. The van der Waals surface area contributed by atoms with Crippen molar-refractivity contribution in [1.82, 2.24) is 9.55 Å². The number of aryl methyl sites for hydroxylation is 1. The van der Waals surface area contributed by atoms with Gasteiger partial charge in [0.25, 0.3) is 0 Å². The van der Waals surface area contributed by atoms with E-state index in [1.807, 2.05) is 11.5 Å². The Kier molecular flexibility index (Phi) is 3.35. The van der Waals surface area contributed by atoms with Crippen molar-refractivity contribution in [3.05, 3.63) is 57.8 Å².